The van der Waals surface area contributed by atoms with Crippen molar-refractivity contribution in [2.24, 2.45) is 11.8 Å². The Hall–Kier alpha value is -2.12. The van der Waals surface area contributed by atoms with E-state index in [1.807, 2.05) is 18.3 Å². The summed E-state index contributed by atoms with van der Waals surface area (Å²) in [7, 11) is 1.35. The van der Waals surface area contributed by atoms with Crippen LogP contribution >= 0.6 is 0 Å². The van der Waals surface area contributed by atoms with Crippen molar-refractivity contribution in [1.29, 1.82) is 0 Å². The highest BCUT2D eigenvalue weighted by Crippen LogP contribution is 2.33. The van der Waals surface area contributed by atoms with Crippen LogP contribution in [0.3, 0.4) is 0 Å². The fraction of sp³-hybridized carbons (Fsp3) is 0.704. The Bertz CT molecular complexity index is 706. The number of aliphatic hydroxyl groups excluding tert-OH is 1. The van der Waals surface area contributed by atoms with E-state index in [-0.39, 0.29) is 24.2 Å². The number of rotatable bonds is 8. The van der Waals surface area contributed by atoms with Gasteiger partial charge in [0.15, 0.2) is 0 Å². The lowest BCUT2D eigenvalue weighted by Gasteiger charge is -2.39. The molecule has 1 aliphatic carbocycles. The third kappa shape index (κ3) is 12.9. The Morgan fingerprint density at radius 1 is 1.12 bits per heavy atom. The number of hydrogen-bond acceptors (Lipinski definition) is 4. The Kier molecular flexibility index (Phi) is 13.8. The topological polar surface area (TPSA) is 108 Å². The number of carbonyl (C=O) groups is 2. The van der Waals surface area contributed by atoms with Crippen molar-refractivity contribution in [3.63, 3.8) is 0 Å². The summed E-state index contributed by atoms with van der Waals surface area (Å²) in [4.78, 5) is 21.1. The zero-order chi connectivity index (χ0) is 25.6. The molecule has 2 unspecified atom stereocenters. The average Bonchev–Trinajstić information content (AvgIpc) is 2.80. The number of nitrogens with one attached hydrogen (secondary N) is 2. The molecular formula is C27H46N2O5. The van der Waals surface area contributed by atoms with Crippen molar-refractivity contribution >= 4 is 12.0 Å². The lowest BCUT2D eigenvalue weighted by atomic mass is 9.83. The molecule has 0 aromatic heterocycles. The van der Waals surface area contributed by atoms with Crippen molar-refractivity contribution in [2.45, 2.75) is 96.8 Å². The van der Waals surface area contributed by atoms with Crippen LogP contribution in [0.1, 0.15) is 79.1 Å². The summed E-state index contributed by atoms with van der Waals surface area (Å²) in [5.41, 5.74) is 1.11. The maximum atomic E-state index is 11.8. The van der Waals surface area contributed by atoms with Crippen LogP contribution in [0.2, 0.25) is 0 Å². The molecule has 2 atom stereocenters. The van der Waals surface area contributed by atoms with Crippen molar-refractivity contribution in [2.75, 3.05) is 13.7 Å². The van der Waals surface area contributed by atoms with E-state index in [9.17, 15) is 14.7 Å². The molecule has 0 bridgehead atoms. The molecule has 4 N–H and O–H groups in total. The minimum atomic E-state index is -0.995. The average molecular weight is 479 g/mol. The standard InChI is InChI=1S/C25H41NO3.C2H5NO2/c1-5-6-7-24(28)26-22-13-11-20(12-14-22)10-8-19(2)9-15-23-16-21(18-27)17-25(3,4)29-23;1-3-2(4)5/h6-9,15,20-23,27H,5,10-14,16-18H2,1-4H3,(H,26,28);3H,1H3,(H,4,5)/b7-6-,15-9+,19-8+;. The lowest BCUT2D eigenvalue weighted by Crippen LogP contribution is -2.39. The molecule has 7 heteroatoms. The Balaban J connectivity index is 0.00000104. The number of aliphatic hydroxyl groups is 1. The fourth-order valence-corrected chi connectivity index (χ4v) is 4.57. The van der Waals surface area contributed by atoms with Gasteiger partial charge < -0.3 is 25.6 Å². The highest BCUT2D eigenvalue weighted by Gasteiger charge is 2.33. The first-order valence-corrected chi connectivity index (χ1v) is 12.6. The summed E-state index contributed by atoms with van der Waals surface area (Å²) in [5, 5.41) is 22.2. The molecule has 1 aliphatic heterocycles. The van der Waals surface area contributed by atoms with E-state index < -0.39 is 6.09 Å². The second kappa shape index (κ2) is 15.7. The van der Waals surface area contributed by atoms with Crippen molar-refractivity contribution in [1.82, 2.24) is 10.6 Å². The normalized spacial score (nSPS) is 27.2. The summed E-state index contributed by atoms with van der Waals surface area (Å²) >= 11 is 0. The minimum absolute atomic E-state index is 0.0488. The number of hydrogen-bond donors (Lipinski definition) is 4. The summed E-state index contributed by atoms with van der Waals surface area (Å²) in [6.07, 6.45) is 17.6. The maximum absolute atomic E-state index is 11.8. The van der Waals surface area contributed by atoms with Crippen LogP contribution in [0.25, 0.3) is 0 Å². The van der Waals surface area contributed by atoms with Crippen molar-refractivity contribution in [3.05, 3.63) is 36.0 Å². The van der Waals surface area contributed by atoms with Gasteiger partial charge in [-0.2, -0.15) is 0 Å². The Morgan fingerprint density at radius 2 is 1.76 bits per heavy atom. The SMILES string of the molecule is CC/C=C\C(=O)NC1CCC(C/C=C(C)/C=C/C2CC(CO)CC(C)(C)O2)CC1.CNC(=O)O. The summed E-state index contributed by atoms with van der Waals surface area (Å²) in [6, 6.07) is 0.330. The fourth-order valence-electron chi connectivity index (χ4n) is 4.57. The van der Waals surface area contributed by atoms with E-state index in [4.69, 9.17) is 9.84 Å². The minimum Gasteiger partial charge on any atom is -0.465 e. The molecule has 1 saturated carbocycles. The third-order valence-electron chi connectivity index (χ3n) is 6.33. The van der Waals surface area contributed by atoms with E-state index in [0.717, 1.165) is 38.5 Å². The van der Waals surface area contributed by atoms with E-state index in [2.05, 4.69) is 44.3 Å². The van der Waals surface area contributed by atoms with Gasteiger partial charge in [0, 0.05) is 19.7 Å². The van der Waals surface area contributed by atoms with Gasteiger partial charge in [0.25, 0.3) is 0 Å². The second-order valence-electron chi connectivity index (χ2n) is 10.0. The first-order chi connectivity index (χ1) is 16.1. The zero-order valence-electron chi connectivity index (χ0n) is 21.7. The van der Waals surface area contributed by atoms with Crippen molar-refractivity contribution in [3.8, 4) is 0 Å². The molecule has 7 nitrogen and oxygen atoms in total. The molecule has 34 heavy (non-hydrogen) atoms. The quantitative estimate of drug-likeness (QED) is 0.291. The second-order valence-corrected chi connectivity index (χ2v) is 10.0. The molecule has 1 heterocycles. The molecule has 2 rings (SSSR count). The van der Waals surface area contributed by atoms with Gasteiger partial charge in [-0.25, -0.2) is 4.79 Å². The summed E-state index contributed by atoms with van der Waals surface area (Å²) in [5.74, 6) is 1.08. The van der Waals surface area contributed by atoms with Crippen LogP contribution in [0.4, 0.5) is 4.79 Å². The smallest absolute Gasteiger partial charge is 0.404 e. The lowest BCUT2D eigenvalue weighted by molar-refractivity contribution is -0.117. The van der Waals surface area contributed by atoms with E-state index in [1.165, 1.54) is 25.5 Å². The van der Waals surface area contributed by atoms with Gasteiger partial charge in [-0.1, -0.05) is 36.8 Å². The predicted molar refractivity (Wildman–Crippen MR) is 137 cm³/mol. The molecule has 0 aromatic carbocycles. The van der Waals surface area contributed by atoms with Gasteiger partial charge in [-0.15, -0.1) is 0 Å². The number of ether oxygens (including phenoxy) is 1. The molecule has 2 amide bonds. The van der Waals surface area contributed by atoms with Crippen LogP contribution < -0.4 is 10.6 Å². The van der Waals surface area contributed by atoms with E-state index in [1.54, 1.807) is 6.08 Å². The maximum Gasteiger partial charge on any atom is 0.404 e. The predicted octanol–water partition coefficient (Wildman–Crippen LogP) is 4.97. The van der Waals surface area contributed by atoms with Gasteiger partial charge >= 0.3 is 6.09 Å². The largest absolute Gasteiger partial charge is 0.465 e. The number of amides is 2. The Morgan fingerprint density at radius 3 is 2.32 bits per heavy atom. The van der Waals surface area contributed by atoms with Crippen LogP contribution in [-0.4, -0.2) is 53.6 Å². The number of carbonyl (C=O) groups excluding carboxylic acids is 1. The summed E-state index contributed by atoms with van der Waals surface area (Å²) in [6.45, 7) is 8.65. The van der Waals surface area contributed by atoms with Crippen molar-refractivity contribution < 1.29 is 24.5 Å². The van der Waals surface area contributed by atoms with Crippen LogP contribution in [0.5, 0.6) is 0 Å². The molecule has 2 fully saturated rings. The summed E-state index contributed by atoms with van der Waals surface area (Å²) < 4.78 is 6.15. The van der Waals surface area contributed by atoms with Gasteiger partial charge in [0.1, 0.15) is 0 Å². The zero-order valence-corrected chi connectivity index (χ0v) is 21.7. The third-order valence-corrected chi connectivity index (χ3v) is 6.33. The van der Waals surface area contributed by atoms with Crippen LogP contribution in [0, 0.1) is 11.8 Å². The van der Waals surface area contributed by atoms with Crippen LogP contribution in [0.15, 0.2) is 36.0 Å². The molecule has 2 aliphatic rings. The van der Waals surface area contributed by atoms with E-state index in [0.29, 0.717) is 17.9 Å². The first kappa shape index (κ1) is 29.9. The van der Waals surface area contributed by atoms with Crippen LogP contribution in [-0.2, 0) is 9.53 Å². The number of allylic oxidation sites excluding steroid dienone is 4. The van der Waals surface area contributed by atoms with Gasteiger partial charge in [0.05, 0.1) is 11.7 Å². The van der Waals surface area contributed by atoms with Gasteiger partial charge in [-0.05, 0) is 90.0 Å². The highest BCUT2D eigenvalue weighted by atomic mass is 16.5. The molecule has 0 aromatic rings. The molecule has 1 saturated heterocycles. The molecule has 0 spiro atoms. The van der Waals surface area contributed by atoms with Gasteiger partial charge in [0.2, 0.25) is 5.91 Å². The monoisotopic (exact) mass is 478 g/mol. The molecular weight excluding hydrogens is 432 g/mol. The van der Waals surface area contributed by atoms with Gasteiger partial charge in [-0.3, -0.25) is 4.79 Å². The highest BCUT2D eigenvalue weighted by molar-refractivity contribution is 5.87. The molecule has 0 radical (unpaired) electrons. The number of carboxylic acid groups (broad SMARTS) is 1. The van der Waals surface area contributed by atoms with E-state index >= 15 is 0 Å². The Labute approximate surface area is 205 Å². The molecule has 194 valence electrons. The first-order valence-electron chi connectivity index (χ1n) is 12.6.